The quantitative estimate of drug-likeness (QED) is 0.717. The third-order valence-electron chi connectivity index (χ3n) is 3.50. The zero-order chi connectivity index (χ0) is 15.8. The molecule has 1 N–H and O–H groups in total. The van der Waals surface area contributed by atoms with Crippen LogP contribution in [0.3, 0.4) is 0 Å². The summed E-state index contributed by atoms with van der Waals surface area (Å²) in [5.74, 6) is -0.338. The summed E-state index contributed by atoms with van der Waals surface area (Å²) in [6.07, 6.45) is 1.75. The molecule has 1 saturated heterocycles. The van der Waals surface area contributed by atoms with Gasteiger partial charge in [0, 0.05) is 22.0 Å². The van der Waals surface area contributed by atoms with Crippen LogP contribution in [0.2, 0.25) is 0 Å². The number of nitrogens with one attached hydrogen (secondary N) is 1. The molecule has 23 heavy (non-hydrogen) atoms. The van der Waals surface area contributed by atoms with E-state index in [0.29, 0.717) is 4.91 Å². The van der Waals surface area contributed by atoms with E-state index in [2.05, 4.69) is 10.3 Å². The summed E-state index contributed by atoms with van der Waals surface area (Å²) in [5, 5.41) is 4.95. The Kier molecular flexibility index (Phi) is 3.48. The third kappa shape index (κ3) is 2.56. The van der Waals surface area contributed by atoms with Gasteiger partial charge in [0.25, 0.3) is 11.1 Å². The van der Waals surface area contributed by atoms with Crippen molar-refractivity contribution in [2.24, 2.45) is 0 Å². The van der Waals surface area contributed by atoms with Crippen molar-refractivity contribution >= 4 is 50.7 Å². The highest BCUT2D eigenvalue weighted by atomic mass is 32.2. The van der Waals surface area contributed by atoms with Gasteiger partial charge in [0.15, 0.2) is 0 Å². The zero-order valence-corrected chi connectivity index (χ0v) is 13.4. The van der Waals surface area contributed by atoms with Crippen LogP contribution in [-0.4, -0.2) is 16.1 Å². The number of hydrogen-bond acceptors (Lipinski definition) is 5. The molecule has 4 nitrogen and oxygen atoms in total. The molecule has 1 aromatic carbocycles. The van der Waals surface area contributed by atoms with Crippen molar-refractivity contribution in [2.45, 2.75) is 0 Å². The molecule has 0 radical (unpaired) electrons. The van der Waals surface area contributed by atoms with Gasteiger partial charge in [-0.1, -0.05) is 18.2 Å². The predicted octanol–water partition coefficient (Wildman–Crippen LogP) is 4.04. The average molecular weight is 338 g/mol. The van der Waals surface area contributed by atoms with Crippen molar-refractivity contribution in [3.63, 3.8) is 0 Å². The topological polar surface area (TPSA) is 59.1 Å². The molecule has 0 bridgehead atoms. The van der Waals surface area contributed by atoms with E-state index in [-0.39, 0.29) is 11.1 Å². The molecule has 0 unspecified atom stereocenters. The molecule has 2 amide bonds. The number of imide groups is 1. The predicted molar refractivity (Wildman–Crippen MR) is 93.2 cm³/mol. The molecule has 6 heteroatoms. The summed E-state index contributed by atoms with van der Waals surface area (Å²) >= 11 is 2.49. The van der Waals surface area contributed by atoms with Gasteiger partial charge in [-0.3, -0.25) is 19.9 Å². The first-order valence-corrected chi connectivity index (χ1v) is 8.58. The highest BCUT2D eigenvalue weighted by molar-refractivity contribution is 8.18. The fourth-order valence-corrected chi connectivity index (χ4v) is 4.18. The molecule has 0 spiro atoms. The fourth-order valence-electron chi connectivity index (χ4n) is 2.52. The minimum Gasteiger partial charge on any atom is -0.282 e. The SMILES string of the molecule is O=C1NC(=O)C(=C(c2ccc3ncccc3c2)c2cccs2)S1. The minimum absolute atomic E-state index is 0.332. The van der Waals surface area contributed by atoms with E-state index in [1.807, 2.05) is 47.8 Å². The Labute approximate surface area is 140 Å². The normalized spacial score (nSPS) is 16.7. The maximum Gasteiger partial charge on any atom is 0.290 e. The molecule has 3 aromatic rings. The highest BCUT2D eigenvalue weighted by Gasteiger charge is 2.30. The van der Waals surface area contributed by atoms with E-state index >= 15 is 0 Å². The van der Waals surface area contributed by atoms with Gasteiger partial charge >= 0.3 is 0 Å². The van der Waals surface area contributed by atoms with Gasteiger partial charge in [-0.2, -0.15) is 0 Å². The second-order valence-corrected chi connectivity index (χ2v) is 6.87. The number of fused-ring (bicyclic) bond motifs is 1. The Balaban J connectivity index is 1.96. The number of pyridine rings is 1. The summed E-state index contributed by atoms with van der Waals surface area (Å²) in [5.41, 5.74) is 2.59. The minimum atomic E-state index is -0.338. The maximum absolute atomic E-state index is 12.1. The van der Waals surface area contributed by atoms with Crippen LogP contribution in [0.1, 0.15) is 10.4 Å². The van der Waals surface area contributed by atoms with Crippen LogP contribution in [-0.2, 0) is 4.79 Å². The van der Waals surface area contributed by atoms with Crippen molar-refractivity contribution in [3.05, 3.63) is 69.4 Å². The van der Waals surface area contributed by atoms with E-state index in [9.17, 15) is 9.59 Å². The Morgan fingerprint density at radius 3 is 2.74 bits per heavy atom. The number of hydrogen-bond donors (Lipinski definition) is 1. The zero-order valence-electron chi connectivity index (χ0n) is 11.8. The molecule has 1 aliphatic heterocycles. The number of rotatable bonds is 2. The second kappa shape index (κ2) is 5.64. The molecule has 1 fully saturated rings. The van der Waals surface area contributed by atoms with Crippen LogP contribution in [0.15, 0.2) is 58.9 Å². The first kappa shape index (κ1) is 14.2. The molecule has 3 heterocycles. The Morgan fingerprint density at radius 2 is 2.00 bits per heavy atom. The first-order chi connectivity index (χ1) is 11.2. The Bertz CT molecular complexity index is 962. The number of carbonyl (C=O) groups is 2. The van der Waals surface area contributed by atoms with Gasteiger partial charge in [-0.15, -0.1) is 11.3 Å². The largest absolute Gasteiger partial charge is 0.290 e. The lowest BCUT2D eigenvalue weighted by Gasteiger charge is -2.09. The number of aromatic nitrogens is 1. The number of amides is 2. The van der Waals surface area contributed by atoms with Gasteiger partial charge in [0.1, 0.15) is 0 Å². The number of nitrogens with zero attached hydrogens (tertiary/aromatic N) is 1. The van der Waals surface area contributed by atoms with Gasteiger partial charge in [0.2, 0.25) is 0 Å². The lowest BCUT2D eigenvalue weighted by Crippen LogP contribution is -2.18. The molecule has 2 aromatic heterocycles. The molecule has 0 atom stereocenters. The number of thioether (sulfide) groups is 1. The molecule has 0 saturated carbocycles. The standard InChI is InChI=1S/C17H10N2O2S2/c20-16-15(23-17(21)19-16)14(13-4-2-8-22-13)11-5-6-12-10(9-11)3-1-7-18-12/h1-9H,(H,19,20,21). The fraction of sp³-hybridized carbons (Fsp3) is 0. The summed E-state index contributed by atoms with van der Waals surface area (Å²) in [7, 11) is 0. The first-order valence-electron chi connectivity index (χ1n) is 6.89. The highest BCUT2D eigenvalue weighted by Crippen LogP contribution is 2.38. The second-order valence-electron chi connectivity index (χ2n) is 4.94. The van der Waals surface area contributed by atoms with Crippen LogP contribution < -0.4 is 5.32 Å². The summed E-state index contributed by atoms with van der Waals surface area (Å²) in [6.45, 7) is 0. The van der Waals surface area contributed by atoms with E-state index in [4.69, 9.17) is 0 Å². The van der Waals surface area contributed by atoms with Gasteiger partial charge in [0.05, 0.1) is 10.4 Å². The Morgan fingerprint density at radius 1 is 1.09 bits per heavy atom. The molecule has 4 rings (SSSR count). The van der Waals surface area contributed by atoms with E-state index in [1.54, 1.807) is 17.5 Å². The molecule has 0 aliphatic carbocycles. The van der Waals surface area contributed by atoms with Crippen molar-refractivity contribution in [1.82, 2.24) is 10.3 Å². The van der Waals surface area contributed by atoms with Crippen LogP contribution in [0.4, 0.5) is 4.79 Å². The van der Waals surface area contributed by atoms with Crippen LogP contribution in [0.25, 0.3) is 16.5 Å². The average Bonchev–Trinajstić information content (AvgIpc) is 3.18. The van der Waals surface area contributed by atoms with Crippen LogP contribution in [0.5, 0.6) is 0 Å². The number of thiophene rings is 1. The lowest BCUT2D eigenvalue weighted by atomic mass is 10.0. The number of carbonyl (C=O) groups excluding carboxylic acids is 2. The third-order valence-corrected chi connectivity index (χ3v) is 5.27. The van der Waals surface area contributed by atoms with Gasteiger partial charge in [-0.25, -0.2) is 0 Å². The lowest BCUT2D eigenvalue weighted by molar-refractivity contribution is -0.115. The van der Waals surface area contributed by atoms with Crippen LogP contribution in [0, 0.1) is 0 Å². The summed E-state index contributed by atoms with van der Waals surface area (Å²) in [6, 6.07) is 13.6. The summed E-state index contributed by atoms with van der Waals surface area (Å²) in [4.78, 5) is 29.4. The van der Waals surface area contributed by atoms with Gasteiger partial charge in [-0.05, 0) is 47.0 Å². The number of benzene rings is 1. The molecule has 1 aliphatic rings. The smallest absolute Gasteiger partial charge is 0.282 e. The summed E-state index contributed by atoms with van der Waals surface area (Å²) < 4.78 is 0. The molecular weight excluding hydrogens is 328 g/mol. The maximum atomic E-state index is 12.1. The molecule has 112 valence electrons. The van der Waals surface area contributed by atoms with E-state index < -0.39 is 0 Å². The van der Waals surface area contributed by atoms with Crippen LogP contribution >= 0.6 is 23.1 Å². The van der Waals surface area contributed by atoms with E-state index in [0.717, 1.165) is 38.7 Å². The van der Waals surface area contributed by atoms with Crippen molar-refractivity contribution < 1.29 is 9.59 Å². The van der Waals surface area contributed by atoms with Crippen molar-refractivity contribution in [1.29, 1.82) is 0 Å². The van der Waals surface area contributed by atoms with Crippen molar-refractivity contribution in [3.8, 4) is 0 Å². The van der Waals surface area contributed by atoms with Crippen molar-refractivity contribution in [2.75, 3.05) is 0 Å². The van der Waals surface area contributed by atoms with Gasteiger partial charge < -0.3 is 0 Å². The van der Waals surface area contributed by atoms with E-state index in [1.165, 1.54) is 0 Å². The Hall–Kier alpha value is -2.44. The molecular formula is C17H10N2O2S2. The monoisotopic (exact) mass is 338 g/mol.